The van der Waals surface area contributed by atoms with Gasteiger partial charge in [0.25, 0.3) is 0 Å². The van der Waals surface area contributed by atoms with E-state index in [1.165, 1.54) is 24.5 Å². The molecule has 1 heterocycles. The van der Waals surface area contributed by atoms with Gasteiger partial charge in [-0.05, 0) is 31.2 Å². The van der Waals surface area contributed by atoms with E-state index in [0.717, 1.165) is 5.56 Å². The van der Waals surface area contributed by atoms with E-state index >= 15 is 0 Å². The molecule has 2 aromatic rings. The highest BCUT2D eigenvalue weighted by molar-refractivity contribution is 6.07. The van der Waals surface area contributed by atoms with Crippen molar-refractivity contribution in [1.29, 1.82) is 0 Å². The van der Waals surface area contributed by atoms with E-state index in [2.05, 4.69) is 0 Å². The van der Waals surface area contributed by atoms with E-state index in [9.17, 15) is 9.18 Å². The Kier molecular flexibility index (Phi) is 2.37. The van der Waals surface area contributed by atoms with Gasteiger partial charge in [-0.15, -0.1) is 0 Å². The maximum atomic E-state index is 13.3. The lowest BCUT2D eigenvalue weighted by Gasteiger charge is -2.01. The summed E-state index contributed by atoms with van der Waals surface area (Å²) >= 11 is 0. The van der Waals surface area contributed by atoms with Gasteiger partial charge in [0.15, 0.2) is 5.76 Å². The molecule has 0 amide bonds. The Morgan fingerprint density at radius 3 is 2.80 bits per heavy atom. The molecule has 0 fully saturated rings. The minimum Gasteiger partial charge on any atom is -0.461 e. The molecule has 0 saturated carbocycles. The van der Waals surface area contributed by atoms with Gasteiger partial charge in [-0.1, -0.05) is 11.6 Å². The molecular formula is C12H9FO2. The van der Waals surface area contributed by atoms with Crippen molar-refractivity contribution < 1.29 is 13.6 Å². The molecule has 0 saturated heterocycles. The van der Waals surface area contributed by atoms with Gasteiger partial charge < -0.3 is 4.42 Å². The summed E-state index contributed by atoms with van der Waals surface area (Å²) in [6.07, 6.45) is 1.39. The van der Waals surface area contributed by atoms with Crippen LogP contribution in [0, 0.1) is 12.7 Å². The summed E-state index contributed by atoms with van der Waals surface area (Å²) in [5, 5.41) is 0. The fraction of sp³-hybridized carbons (Fsp3) is 0.0833. The summed E-state index contributed by atoms with van der Waals surface area (Å²) < 4.78 is 18.3. The van der Waals surface area contributed by atoms with E-state index in [0.29, 0.717) is 0 Å². The Morgan fingerprint density at radius 1 is 1.33 bits per heavy atom. The normalized spacial score (nSPS) is 10.3. The summed E-state index contributed by atoms with van der Waals surface area (Å²) in [6, 6.07) is 7.53. The Balaban J connectivity index is 2.46. The number of carbonyl (C=O) groups is 1. The average Bonchev–Trinajstić information content (AvgIpc) is 2.74. The number of halogens is 1. The number of ketones is 1. The van der Waals surface area contributed by atoms with Gasteiger partial charge in [-0.2, -0.15) is 0 Å². The van der Waals surface area contributed by atoms with Crippen LogP contribution in [0.25, 0.3) is 0 Å². The minimum atomic E-state index is -0.526. The van der Waals surface area contributed by atoms with E-state index in [1.807, 2.05) is 0 Å². The second-order valence-corrected chi connectivity index (χ2v) is 3.29. The molecule has 1 aromatic carbocycles. The van der Waals surface area contributed by atoms with Crippen molar-refractivity contribution in [3.8, 4) is 0 Å². The standard InChI is InChI=1S/C12H9FO2/c1-8-4-5-10(13)9(7-8)12(14)11-3-2-6-15-11/h2-7H,1H3. The first kappa shape index (κ1) is 9.65. The van der Waals surface area contributed by atoms with Crippen LogP contribution in [0.15, 0.2) is 41.0 Å². The van der Waals surface area contributed by atoms with Gasteiger partial charge in [0.1, 0.15) is 5.82 Å². The molecular weight excluding hydrogens is 195 g/mol. The zero-order valence-electron chi connectivity index (χ0n) is 8.16. The SMILES string of the molecule is Cc1ccc(F)c(C(=O)c2ccco2)c1. The number of benzene rings is 1. The van der Waals surface area contributed by atoms with Gasteiger partial charge in [-0.25, -0.2) is 4.39 Å². The quantitative estimate of drug-likeness (QED) is 0.704. The number of aryl methyl sites for hydroxylation is 1. The molecule has 0 aliphatic rings. The van der Waals surface area contributed by atoms with Crippen molar-refractivity contribution in [2.24, 2.45) is 0 Å². The van der Waals surface area contributed by atoms with E-state index in [4.69, 9.17) is 4.42 Å². The zero-order valence-corrected chi connectivity index (χ0v) is 8.16. The highest BCUT2D eigenvalue weighted by atomic mass is 19.1. The first-order valence-electron chi connectivity index (χ1n) is 4.53. The molecule has 0 atom stereocenters. The van der Waals surface area contributed by atoms with Gasteiger partial charge in [0.2, 0.25) is 5.78 Å². The van der Waals surface area contributed by atoms with Crippen LogP contribution in [0.4, 0.5) is 4.39 Å². The third-order valence-corrected chi connectivity index (χ3v) is 2.11. The average molecular weight is 204 g/mol. The Labute approximate surface area is 86.3 Å². The van der Waals surface area contributed by atoms with Crippen LogP contribution in [-0.2, 0) is 0 Å². The summed E-state index contributed by atoms with van der Waals surface area (Å²) in [6.45, 7) is 1.80. The van der Waals surface area contributed by atoms with Gasteiger partial charge >= 0.3 is 0 Å². The summed E-state index contributed by atoms with van der Waals surface area (Å²) in [7, 11) is 0. The second kappa shape index (κ2) is 3.69. The molecule has 76 valence electrons. The Bertz CT molecular complexity index is 486. The Morgan fingerprint density at radius 2 is 2.13 bits per heavy atom. The maximum absolute atomic E-state index is 13.3. The molecule has 0 unspecified atom stereocenters. The summed E-state index contributed by atoms with van der Waals surface area (Å²) in [4.78, 5) is 11.7. The largest absolute Gasteiger partial charge is 0.461 e. The van der Waals surface area contributed by atoms with Crippen LogP contribution in [0.3, 0.4) is 0 Å². The molecule has 0 spiro atoms. The predicted octanol–water partition coefficient (Wildman–Crippen LogP) is 2.96. The molecule has 0 aliphatic heterocycles. The smallest absolute Gasteiger partial charge is 0.231 e. The fourth-order valence-corrected chi connectivity index (χ4v) is 1.35. The zero-order chi connectivity index (χ0) is 10.8. The molecule has 2 rings (SSSR count). The van der Waals surface area contributed by atoms with Crippen molar-refractivity contribution in [3.05, 3.63) is 59.3 Å². The molecule has 0 bridgehead atoms. The molecule has 1 aromatic heterocycles. The van der Waals surface area contributed by atoms with E-state index in [1.54, 1.807) is 19.1 Å². The van der Waals surface area contributed by atoms with Crippen LogP contribution in [0.1, 0.15) is 21.7 Å². The first-order valence-corrected chi connectivity index (χ1v) is 4.53. The topological polar surface area (TPSA) is 30.2 Å². The van der Waals surface area contributed by atoms with Gasteiger partial charge in [-0.3, -0.25) is 4.79 Å². The highest BCUT2D eigenvalue weighted by Gasteiger charge is 2.16. The maximum Gasteiger partial charge on any atom is 0.231 e. The number of furan rings is 1. The monoisotopic (exact) mass is 204 g/mol. The summed E-state index contributed by atoms with van der Waals surface area (Å²) in [5.74, 6) is -0.803. The number of hydrogen-bond acceptors (Lipinski definition) is 2. The van der Waals surface area contributed by atoms with Crippen LogP contribution >= 0.6 is 0 Å². The third kappa shape index (κ3) is 1.81. The second-order valence-electron chi connectivity index (χ2n) is 3.29. The van der Waals surface area contributed by atoms with E-state index < -0.39 is 11.6 Å². The summed E-state index contributed by atoms with van der Waals surface area (Å²) in [5.41, 5.74) is 0.885. The highest BCUT2D eigenvalue weighted by Crippen LogP contribution is 2.15. The molecule has 0 radical (unpaired) electrons. The first-order chi connectivity index (χ1) is 7.18. The predicted molar refractivity (Wildman–Crippen MR) is 53.3 cm³/mol. The van der Waals surface area contributed by atoms with Crippen LogP contribution in [0.2, 0.25) is 0 Å². The molecule has 0 N–H and O–H groups in total. The Hall–Kier alpha value is -1.90. The van der Waals surface area contributed by atoms with Gasteiger partial charge in [0.05, 0.1) is 11.8 Å². The van der Waals surface area contributed by atoms with Crippen LogP contribution < -0.4 is 0 Å². The molecule has 3 heteroatoms. The number of hydrogen-bond donors (Lipinski definition) is 0. The fourth-order valence-electron chi connectivity index (χ4n) is 1.35. The number of carbonyl (C=O) groups excluding carboxylic acids is 1. The van der Waals surface area contributed by atoms with Crippen molar-refractivity contribution in [2.75, 3.05) is 0 Å². The van der Waals surface area contributed by atoms with Crippen molar-refractivity contribution in [2.45, 2.75) is 6.92 Å². The lowest BCUT2D eigenvalue weighted by atomic mass is 10.1. The van der Waals surface area contributed by atoms with Crippen molar-refractivity contribution in [1.82, 2.24) is 0 Å². The van der Waals surface area contributed by atoms with Crippen molar-refractivity contribution >= 4 is 5.78 Å². The van der Waals surface area contributed by atoms with Crippen molar-refractivity contribution in [3.63, 3.8) is 0 Å². The third-order valence-electron chi connectivity index (χ3n) is 2.11. The molecule has 2 nitrogen and oxygen atoms in total. The molecule has 0 aliphatic carbocycles. The lowest BCUT2D eigenvalue weighted by molar-refractivity contribution is 0.100. The molecule has 15 heavy (non-hydrogen) atoms. The van der Waals surface area contributed by atoms with Crippen LogP contribution in [0.5, 0.6) is 0 Å². The van der Waals surface area contributed by atoms with Gasteiger partial charge in [0, 0.05) is 0 Å². The number of rotatable bonds is 2. The van der Waals surface area contributed by atoms with E-state index in [-0.39, 0.29) is 11.3 Å². The lowest BCUT2D eigenvalue weighted by Crippen LogP contribution is -2.03. The minimum absolute atomic E-state index is 0.0463. The van der Waals surface area contributed by atoms with Crippen LogP contribution in [-0.4, -0.2) is 5.78 Å².